The largest absolute Gasteiger partial charge is 0.495 e. The van der Waals surface area contributed by atoms with E-state index < -0.39 is 15.9 Å². The second-order valence-electron chi connectivity index (χ2n) is 6.45. The van der Waals surface area contributed by atoms with Gasteiger partial charge in [-0.25, -0.2) is 23.3 Å². The van der Waals surface area contributed by atoms with Crippen LogP contribution in [0.25, 0.3) is 23.0 Å². The van der Waals surface area contributed by atoms with Crippen molar-refractivity contribution < 1.29 is 23.2 Å². The lowest BCUT2D eigenvalue weighted by molar-refractivity contribution is -0.153. The highest BCUT2D eigenvalue weighted by Crippen LogP contribution is 2.32. The fourth-order valence-corrected chi connectivity index (χ4v) is 3.52. The Balaban J connectivity index is 2.12. The van der Waals surface area contributed by atoms with E-state index in [1.807, 2.05) is 0 Å². The molecule has 0 radical (unpaired) electrons. The zero-order valence-corrected chi connectivity index (χ0v) is 18.1. The summed E-state index contributed by atoms with van der Waals surface area (Å²) in [5, 5.41) is 19.7. The number of hydroxylamine groups is 2. The number of nitrogens with zero attached hydrogens (tertiary/aromatic N) is 3. The van der Waals surface area contributed by atoms with E-state index in [-0.39, 0.29) is 4.90 Å². The number of rotatable bonds is 6. The minimum Gasteiger partial charge on any atom is -0.495 e. The molecule has 0 spiro atoms. The zero-order valence-electron chi connectivity index (χ0n) is 16.6. The van der Waals surface area contributed by atoms with Gasteiger partial charge < -0.3 is 4.74 Å². The van der Waals surface area contributed by atoms with Gasteiger partial charge in [0.05, 0.1) is 34.1 Å². The van der Waals surface area contributed by atoms with Crippen molar-refractivity contribution in [2.75, 3.05) is 14.2 Å². The predicted octanol–water partition coefficient (Wildman–Crippen LogP) is 2.71. The lowest BCUT2D eigenvalue weighted by Gasteiger charge is -2.10. The maximum absolute atomic E-state index is 11.6. The van der Waals surface area contributed by atoms with E-state index in [9.17, 15) is 18.4 Å². The number of hydrogen-bond acceptors (Lipinski definition) is 6. The molecule has 31 heavy (non-hydrogen) atoms. The number of sulfonamides is 1. The van der Waals surface area contributed by atoms with Crippen molar-refractivity contribution in [1.29, 1.82) is 0 Å². The molecule has 0 saturated carbocycles. The Morgan fingerprint density at radius 2 is 1.90 bits per heavy atom. The average Bonchev–Trinajstić information content (AvgIpc) is 3.15. The van der Waals surface area contributed by atoms with Crippen LogP contribution in [0.15, 0.2) is 59.5 Å². The van der Waals surface area contributed by atoms with Crippen LogP contribution in [0.2, 0.25) is 5.02 Å². The lowest BCUT2D eigenvalue weighted by Crippen LogP contribution is -2.19. The number of ether oxygens (including phenoxy) is 1. The van der Waals surface area contributed by atoms with Gasteiger partial charge in [0.25, 0.3) is 5.91 Å². The molecule has 0 saturated heterocycles. The third kappa shape index (κ3) is 5.12. The summed E-state index contributed by atoms with van der Waals surface area (Å²) >= 11 is 6.27. The van der Waals surface area contributed by atoms with Gasteiger partial charge in [-0.05, 0) is 54.6 Å². The summed E-state index contributed by atoms with van der Waals surface area (Å²) in [7, 11) is -1.11. The molecule has 0 unspecified atom stereocenters. The molecule has 11 heteroatoms. The molecule has 3 aromatic rings. The van der Waals surface area contributed by atoms with Crippen molar-refractivity contribution in [2.45, 2.75) is 4.90 Å². The zero-order chi connectivity index (χ0) is 22.8. The van der Waals surface area contributed by atoms with E-state index in [1.165, 1.54) is 38.4 Å². The number of carbonyl (C=O) groups is 1. The van der Waals surface area contributed by atoms with Gasteiger partial charge in [0, 0.05) is 18.7 Å². The first-order valence-corrected chi connectivity index (χ1v) is 10.7. The monoisotopic (exact) mass is 462 g/mol. The van der Waals surface area contributed by atoms with Crippen LogP contribution in [0.3, 0.4) is 0 Å². The van der Waals surface area contributed by atoms with Gasteiger partial charge in [-0.1, -0.05) is 11.6 Å². The summed E-state index contributed by atoms with van der Waals surface area (Å²) in [6.07, 6.45) is 2.61. The van der Waals surface area contributed by atoms with E-state index >= 15 is 0 Å². The summed E-state index contributed by atoms with van der Waals surface area (Å²) in [5.74, 6) is -0.119. The number of nitrogens with two attached hydrogens (primary N) is 1. The molecule has 3 rings (SSSR count). The SMILES string of the molecule is COc1ccc(-c2cc(C=CC(=O)N(C)O)nn2-c2ccc(S(N)(=O)=O)cc2)cc1Cl. The fourth-order valence-electron chi connectivity index (χ4n) is 2.75. The van der Waals surface area contributed by atoms with Crippen LogP contribution in [0.1, 0.15) is 5.69 Å². The van der Waals surface area contributed by atoms with Crippen LogP contribution >= 0.6 is 11.6 Å². The molecular formula is C20H19ClN4O5S. The first kappa shape index (κ1) is 22.5. The van der Waals surface area contributed by atoms with E-state index in [1.54, 1.807) is 41.1 Å². The third-order valence-corrected chi connectivity index (χ3v) is 5.53. The summed E-state index contributed by atoms with van der Waals surface area (Å²) in [5.41, 5.74) is 2.31. The normalized spacial score (nSPS) is 11.6. The highest BCUT2D eigenvalue weighted by atomic mass is 35.5. The number of amides is 1. The summed E-state index contributed by atoms with van der Waals surface area (Å²) in [6.45, 7) is 0. The maximum Gasteiger partial charge on any atom is 0.269 e. The Kier molecular flexibility index (Phi) is 6.46. The van der Waals surface area contributed by atoms with Crippen LogP contribution in [0.4, 0.5) is 0 Å². The van der Waals surface area contributed by atoms with Gasteiger partial charge in [-0.2, -0.15) is 5.10 Å². The minimum absolute atomic E-state index is 0.0332. The number of primary sulfonamides is 1. The van der Waals surface area contributed by atoms with Crippen LogP contribution in [0, 0.1) is 0 Å². The Labute approximate surface area is 183 Å². The molecule has 0 bridgehead atoms. The number of halogens is 1. The fraction of sp³-hybridized carbons (Fsp3) is 0.100. The number of hydrogen-bond donors (Lipinski definition) is 2. The molecule has 1 amide bonds. The Morgan fingerprint density at radius 1 is 1.23 bits per heavy atom. The quantitative estimate of drug-likeness (QED) is 0.329. The van der Waals surface area contributed by atoms with Gasteiger partial charge in [0.2, 0.25) is 10.0 Å². The Bertz CT molecular complexity index is 1250. The summed E-state index contributed by atoms with van der Waals surface area (Å²) in [4.78, 5) is 11.6. The van der Waals surface area contributed by atoms with Crippen LogP contribution in [-0.2, 0) is 14.8 Å². The molecule has 0 fully saturated rings. The topological polar surface area (TPSA) is 128 Å². The maximum atomic E-state index is 11.6. The molecule has 0 aliphatic heterocycles. The predicted molar refractivity (Wildman–Crippen MR) is 116 cm³/mol. The van der Waals surface area contributed by atoms with Crippen LogP contribution in [0.5, 0.6) is 5.75 Å². The van der Waals surface area contributed by atoms with Crippen molar-refractivity contribution in [1.82, 2.24) is 14.8 Å². The number of aromatic nitrogens is 2. The number of likely N-dealkylation sites (N-methyl/N-ethyl adjacent to an activating group) is 1. The highest BCUT2D eigenvalue weighted by Gasteiger charge is 2.14. The highest BCUT2D eigenvalue weighted by molar-refractivity contribution is 7.89. The van der Waals surface area contributed by atoms with Crippen molar-refractivity contribution in [3.05, 3.63) is 65.3 Å². The molecular weight excluding hydrogens is 444 g/mol. The second-order valence-corrected chi connectivity index (χ2v) is 8.42. The van der Waals surface area contributed by atoms with Gasteiger partial charge in [-0.15, -0.1) is 0 Å². The van der Waals surface area contributed by atoms with E-state index in [0.29, 0.717) is 38.5 Å². The van der Waals surface area contributed by atoms with Crippen molar-refractivity contribution in [3.8, 4) is 22.7 Å². The molecule has 3 N–H and O–H groups in total. The third-order valence-electron chi connectivity index (χ3n) is 4.30. The molecule has 0 atom stereocenters. The first-order valence-electron chi connectivity index (χ1n) is 8.82. The van der Waals surface area contributed by atoms with E-state index in [2.05, 4.69) is 5.10 Å². The summed E-state index contributed by atoms with van der Waals surface area (Å²) < 4.78 is 29.8. The van der Waals surface area contributed by atoms with Gasteiger partial charge in [0.1, 0.15) is 5.75 Å². The first-order chi connectivity index (χ1) is 14.6. The Hall–Kier alpha value is -3.18. The molecule has 0 aliphatic carbocycles. The van der Waals surface area contributed by atoms with Crippen LogP contribution in [-0.4, -0.2) is 48.5 Å². The molecule has 9 nitrogen and oxygen atoms in total. The van der Waals surface area contributed by atoms with Crippen molar-refractivity contribution in [2.24, 2.45) is 5.14 Å². The number of carbonyl (C=O) groups excluding carboxylic acids is 1. The van der Waals surface area contributed by atoms with Crippen molar-refractivity contribution >= 4 is 33.6 Å². The van der Waals surface area contributed by atoms with Gasteiger partial charge in [-0.3, -0.25) is 10.0 Å². The molecule has 2 aromatic carbocycles. The number of methoxy groups -OCH3 is 1. The Morgan fingerprint density at radius 3 is 2.45 bits per heavy atom. The smallest absolute Gasteiger partial charge is 0.269 e. The minimum atomic E-state index is -3.84. The molecule has 1 heterocycles. The van der Waals surface area contributed by atoms with Gasteiger partial charge >= 0.3 is 0 Å². The molecule has 0 aliphatic rings. The van der Waals surface area contributed by atoms with Crippen LogP contribution < -0.4 is 9.88 Å². The second kappa shape index (κ2) is 8.90. The average molecular weight is 463 g/mol. The van der Waals surface area contributed by atoms with Gasteiger partial charge in [0.15, 0.2) is 0 Å². The summed E-state index contributed by atoms with van der Waals surface area (Å²) in [6, 6.07) is 12.8. The van der Waals surface area contributed by atoms with E-state index in [0.717, 1.165) is 0 Å². The standard InChI is InChI=1S/C20H19ClN4O5S/c1-24(27)20(26)10-4-14-12-18(13-3-9-19(30-2)17(21)11-13)25(23-14)15-5-7-16(8-6-15)31(22,28)29/h3-12,27H,1-2H3,(H2,22,28,29). The van der Waals surface area contributed by atoms with E-state index in [4.69, 9.17) is 21.5 Å². The molecule has 1 aromatic heterocycles. The lowest BCUT2D eigenvalue weighted by atomic mass is 10.1. The number of benzene rings is 2. The van der Waals surface area contributed by atoms with Crippen molar-refractivity contribution in [3.63, 3.8) is 0 Å². The molecule has 162 valence electrons.